The largest absolute Gasteiger partial charge is 0.417 e. The van der Waals surface area contributed by atoms with E-state index in [1.165, 1.54) is 23.1 Å². The maximum absolute atomic E-state index is 13.4. The highest BCUT2D eigenvalue weighted by Gasteiger charge is 2.55. The average molecular weight is 474 g/mol. The Morgan fingerprint density at radius 3 is 2.41 bits per heavy atom. The summed E-state index contributed by atoms with van der Waals surface area (Å²) in [6.07, 6.45) is -1.90. The zero-order valence-electron chi connectivity index (χ0n) is 18.6. The summed E-state index contributed by atoms with van der Waals surface area (Å²) < 4.78 is 40.1. The first-order valence-corrected chi connectivity index (χ1v) is 11.2. The fraction of sp³-hybridized carbons (Fsp3) is 0.417. The van der Waals surface area contributed by atoms with Crippen LogP contribution in [0, 0.1) is 5.92 Å². The molecule has 2 fully saturated rings. The SMILES string of the molecule is CC[C@]1(C2CCN(C(=O)c3ccccc3C(F)(F)F)CC2)NC(=O)N(Cc2ccccn2)C1=O. The Labute approximate surface area is 194 Å². The quantitative estimate of drug-likeness (QED) is 0.668. The topological polar surface area (TPSA) is 82.6 Å². The summed E-state index contributed by atoms with van der Waals surface area (Å²) in [4.78, 5) is 45.7. The van der Waals surface area contributed by atoms with Crippen LogP contribution in [0.2, 0.25) is 0 Å². The molecule has 1 aromatic heterocycles. The molecular weight excluding hydrogens is 449 g/mol. The molecule has 2 aliphatic rings. The van der Waals surface area contributed by atoms with Gasteiger partial charge in [0.25, 0.3) is 11.8 Å². The zero-order valence-corrected chi connectivity index (χ0v) is 18.6. The van der Waals surface area contributed by atoms with Gasteiger partial charge in [-0.2, -0.15) is 13.2 Å². The van der Waals surface area contributed by atoms with Gasteiger partial charge >= 0.3 is 12.2 Å². The summed E-state index contributed by atoms with van der Waals surface area (Å²) in [5, 5.41) is 2.87. The number of carbonyl (C=O) groups excluding carboxylic acids is 3. The number of nitrogens with one attached hydrogen (secondary N) is 1. The summed E-state index contributed by atoms with van der Waals surface area (Å²) in [5.41, 5.74) is -1.87. The molecule has 4 amide bonds. The highest BCUT2D eigenvalue weighted by atomic mass is 19.4. The molecule has 1 aromatic carbocycles. The van der Waals surface area contributed by atoms with Crippen molar-refractivity contribution in [2.45, 2.75) is 44.4 Å². The Hall–Kier alpha value is -3.43. The lowest BCUT2D eigenvalue weighted by molar-refractivity contribution is -0.138. The van der Waals surface area contributed by atoms with Gasteiger partial charge in [-0.05, 0) is 49.4 Å². The van der Waals surface area contributed by atoms with Crippen molar-refractivity contribution in [3.8, 4) is 0 Å². The van der Waals surface area contributed by atoms with Gasteiger partial charge in [0.05, 0.1) is 23.4 Å². The van der Waals surface area contributed by atoms with Crippen LogP contribution in [0.1, 0.15) is 47.8 Å². The third-order valence-electron chi connectivity index (χ3n) is 6.75. The second-order valence-corrected chi connectivity index (χ2v) is 8.58. The molecule has 2 aliphatic heterocycles. The van der Waals surface area contributed by atoms with Gasteiger partial charge in [-0.1, -0.05) is 25.1 Å². The van der Waals surface area contributed by atoms with Crippen LogP contribution >= 0.6 is 0 Å². The van der Waals surface area contributed by atoms with Crippen molar-refractivity contribution in [2.75, 3.05) is 13.1 Å². The van der Waals surface area contributed by atoms with E-state index in [4.69, 9.17) is 0 Å². The Morgan fingerprint density at radius 2 is 1.79 bits per heavy atom. The number of rotatable bonds is 5. The van der Waals surface area contributed by atoms with E-state index in [0.717, 1.165) is 11.0 Å². The lowest BCUT2D eigenvalue weighted by atomic mass is 9.75. The molecule has 0 unspecified atom stereocenters. The third kappa shape index (κ3) is 4.24. The van der Waals surface area contributed by atoms with Crippen LogP contribution in [0.5, 0.6) is 0 Å². The standard InChI is InChI=1S/C24H25F3N4O3/c1-2-23(21(33)31(22(34)29-23)15-17-7-5-6-12-28-17)16-10-13-30(14-11-16)20(32)18-8-3-4-9-19(18)24(25,26)27/h3-9,12,16H,2,10-11,13-15H2,1H3,(H,29,34)/t23-/m1/s1. The Morgan fingerprint density at radius 1 is 1.12 bits per heavy atom. The number of hydrogen-bond acceptors (Lipinski definition) is 4. The molecule has 34 heavy (non-hydrogen) atoms. The number of benzene rings is 1. The molecule has 0 saturated carbocycles. The molecule has 0 spiro atoms. The second kappa shape index (κ2) is 9.08. The van der Waals surface area contributed by atoms with Crippen LogP contribution in [-0.2, 0) is 17.5 Å². The monoisotopic (exact) mass is 474 g/mol. The molecule has 2 saturated heterocycles. The Kier molecular flexibility index (Phi) is 6.33. The Balaban J connectivity index is 1.48. The van der Waals surface area contributed by atoms with Gasteiger partial charge in [0, 0.05) is 19.3 Å². The smallest absolute Gasteiger partial charge is 0.339 e. The van der Waals surface area contributed by atoms with Crippen molar-refractivity contribution in [1.82, 2.24) is 20.1 Å². The van der Waals surface area contributed by atoms with Crippen molar-refractivity contribution in [2.24, 2.45) is 5.92 Å². The van der Waals surface area contributed by atoms with Crippen molar-refractivity contribution < 1.29 is 27.6 Å². The maximum atomic E-state index is 13.4. The van der Waals surface area contributed by atoms with Gasteiger partial charge in [-0.25, -0.2) is 4.79 Å². The van der Waals surface area contributed by atoms with E-state index in [-0.39, 0.29) is 37.0 Å². The predicted octanol–water partition coefficient (Wildman–Crippen LogP) is 3.85. The number of imide groups is 1. The van der Waals surface area contributed by atoms with Crippen LogP contribution < -0.4 is 5.32 Å². The lowest BCUT2D eigenvalue weighted by Crippen LogP contribution is -2.56. The minimum Gasteiger partial charge on any atom is -0.339 e. The van der Waals surface area contributed by atoms with Gasteiger partial charge in [0.1, 0.15) is 5.54 Å². The molecule has 2 aromatic rings. The number of carbonyl (C=O) groups is 3. The number of halogens is 3. The van der Waals surface area contributed by atoms with Crippen molar-refractivity contribution in [3.63, 3.8) is 0 Å². The zero-order chi connectivity index (χ0) is 24.5. The number of amides is 4. The van der Waals surface area contributed by atoms with E-state index in [9.17, 15) is 27.6 Å². The molecule has 4 rings (SSSR count). The fourth-order valence-corrected chi connectivity index (χ4v) is 4.91. The van der Waals surface area contributed by atoms with Crippen LogP contribution in [0.25, 0.3) is 0 Å². The fourth-order valence-electron chi connectivity index (χ4n) is 4.91. The average Bonchev–Trinajstić information content (AvgIpc) is 3.09. The highest BCUT2D eigenvalue weighted by Crippen LogP contribution is 2.38. The first-order valence-electron chi connectivity index (χ1n) is 11.2. The predicted molar refractivity (Wildman–Crippen MR) is 116 cm³/mol. The maximum Gasteiger partial charge on any atom is 0.417 e. The number of nitrogens with zero attached hydrogens (tertiary/aromatic N) is 3. The number of alkyl halides is 3. The minimum atomic E-state index is -4.63. The molecule has 1 atom stereocenters. The molecular formula is C24H25F3N4O3. The van der Waals surface area contributed by atoms with E-state index < -0.39 is 29.2 Å². The van der Waals surface area contributed by atoms with Crippen molar-refractivity contribution in [1.29, 1.82) is 0 Å². The number of piperidine rings is 1. The van der Waals surface area contributed by atoms with E-state index in [1.54, 1.807) is 24.4 Å². The number of urea groups is 1. The summed E-state index contributed by atoms with van der Waals surface area (Å²) in [7, 11) is 0. The van der Waals surface area contributed by atoms with E-state index in [1.807, 2.05) is 6.92 Å². The van der Waals surface area contributed by atoms with Gasteiger partial charge in [0.15, 0.2) is 0 Å². The summed E-state index contributed by atoms with van der Waals surface area (Å²) in [5.74, 6) is -1.27. The van der Waals surface area contributed by atoms with E-state index in [0.29, 0.717) is 25.0 Å². The number of likely N-dealkylation sites (tertiary alicyclic amines) is 1. The van der Waals surface area contributed by atoms with Gasteiger partial charge in [-0.15, -0.1) is 0 Å². The van der Waals surface area contributed by atoms with Crippen LogP contribution in [0.15, 0.2) is 48.7 Å². The lowest BCUT2D eigenvalue weighted by Gasteiger charge is -2.40. The molecule has 1 N–H and O–H groups in total. The van der Waals surface area contributed by atoms with Crippen molar-refractivity contribution >= 4 is 17.8 Å². The van der Waals surface area contributed by atoms with Crippen molar-refractivity contribution in [3.05, 3.63) is 65.5 Å². The van der Waals surface area contributed by atoms with Crippen LogP contribution in [0.3, 0.4) is 0 Å². The molecule has 180 valence electrons. The van der Waals surface area contributed by atoms with E-state index >= 15 is 0 Å². The number of pyridine rings is 1. The molecule has 0 bridgehead atoms. The van der Waals surface area contributed by atoms with Crippen LogP contribution in [-0.4, -0.2) is 51.3 Å². The first-order chi connectivity index (χ1) is 16.2. The van der Waals surface area contributed by atoms with Crippen LogP contribution in [0.4, 0.5) is 18.0 Å². The number of hydrogen-bond donors (Lipinski definition) is 1. The highest BCUT2D eigenvalue weighted by molar-refractivity contribution is 6.07. The molecule has 0 radical (unpaired) electrons. The molecule has 10 heteroatoms. The summed E-state index contributed by atoms with van der Waals surface area (Å²) >= 11 is 0. The normalized spacial score (nSPS) is 21.6. The van der Waals surface area contributed by atoms with Gasteiger partial charge in [-0.3, -0.25) is 19.5 Å². The minimum absolute atomic E-state index is 0.0544. The van der Waals surface area contributed by atoms with E-state index in [2.05, 4.69) is 10.3 Å². The molecule has 3 heterocycles. The number of aromatic nitrogens is 1. The summed E-state index contributed by atoms with van der Waals surface area (Å²) in [6.45, 7) is 2.26. The molecule has 0 aliphatic carbocycles. The summed E-state index contributed by atoms with van der Waals surface area (Å²) in [6, 6.07) is 9.50. The van der Waals surface area contributed by atoms with Gasteiger partial charge < -0.3 is 10.2 Å². The first kappa shape index (κ1) is 23.7. The Bertz CT molecular complexity index is 1080. The third-order valence-corrected chi connectivity index (χ3v) is 6.75. The second-order valence-electron chi connectivity index (χ2n) is 8.58. The van der Waals surface area contributed by atoms with Gasteiger partial charge in [0.2, 0.25) is 0 Å². The molecule has 7 nitrogen and oxygen atoms in total.